The van der Waals surface area contributed by atoms with Gasteiger partial charge in [0.1, 0.15) is 13.2 Å². The average molecular weight is 495 g/mol. The second kappa shape index (κ2) is 11.5. The lowest BCUT2D eigenvalue weighted by atomic mass is 10.0. The topological polar surface area (TPSA) is 108 Å². The summed E-state index contributed by atoms with van der Waals surface area (Å²) < 4.78 is 11.7. The molecule has 0 saturated carbocycles. The van der Waals surface area contributed by atoms with Crippen LogP contribution in [0.1, 0.15) is 35.1 Å². The first-order chi connectivity index (χ1) is 17.3. The molecule has 192 valence electrons. The van der Waals surface area contributed by atoms with E-state index in [1.807, 2.05) is 6.07 Å². The number of carboxylic acids is 2. The van der Waals surface area contributed by atoms with Crippen molar-refractivity contribution in [2.75, 3.05) is 31.2 Å². The van der Waals surface area contributed by atoms with Gasteiger partial charge in [0.15, 0.2) is 11.5 Å². The summed E-state index contributed by atoms with van der Waals surface area (Å²) in [7, 11) is 0. The van der Waals surface area contributed by atoms with Gasteiger partial charge in [-0.2, -0.15) is 0 Å². The summed E-state index contributed by atoms with van der Waals surface area (Å²) >= 11 is 0. The fraction of sp³-hybridized carbons (Fsp3) is 0.429. The molecule has 0 radical (unpaired) electrons. The second-order valence-electron chi connectivity index (χ2n) is 9.55. The maximum atomic E-state index is 9.55. The van der Waals surface area contributed by atoms with Crippen LogP contribution in [0.15, 0.2) is 42.5 Å². The van der Waals surface area contributed by atoms with E-state index in [1.54, 1.807) is 11.1 Å². The number of rotatable bonds is 5. The highest BCUT2D eigenvalue weighted by Gasteiger charge is 2.28. The van der Waals surface area contributed by atoms with Gasteiger partial charge >= 0.3 is 11.9 Å². The highest BCUT2D eigenvalue weighted by atomic mass is 16.6. The summed E-state index contributed by atoms with van der Waals surface area (Å²) in [5.74, 6) is -0.699. The van der Waals surface area contributed by atoms with Crippen LogP contribution in [-0.4, -0.2) is 60.5 Å². The minimum Gasteiger partial charge on any atom is -0.486 e. The van der Waals surface area contributed by atoms with E-state index in [2.05, 4.69) is 48.3 Å². The van der Waals surface area contributed by atoms with Crippen molar-refractivity contribution in [3.8, 4) is 11.5 Å². The zero-order chi connectivity index (χ0) is 25.7. The van der Waals surface area contributed by atoms with Gasteiger partial charge < -0.3 is 29.9 Å². The Balaban J connectivity index is 0.000000331. The molecule has 2 aliphatic heterocycles. The van der Waals surface area contributed by atoms with Crippen LogP contribution in [0.3, 0.4) is 0 Å². The van der Waals surface area contributed by atoms with Gasteiger partial charge in [-0.05, 0) is 73.9 Å². The Morgan fingerprint density at radius 2 is 1.50 bits per heavy atom. The molecule has 5 rings (SSSR count). The van der Waals surface area contributed by atoms with E-state index in [4.69, 9.17) is 19.7 Å². The molecular formula is C28H34N2O6. The third kappa shape index (κ3) is 6.37. The summed E-state index contributed by atoms with van der Waals surface area (Å²) in [6.45, 7) is 7.87. The van der Waals surface area contributed by atoms with E-state index >= 15 is 0 Å². The Bertz CT molecular complexity index is 1090. The molecule has 1 aliphatic carbocycles. The van der Waals surface area contributed by atoms with Crippen molar-refractivity contribution >= 4 is 17.6 Å². The Hall–Kier alpha value is -3.52. The molecule has 0 bridgehead atoms. The lowest BCUT2D eigenvalue weighted by Gasteiger charge is -2.36. The number of carbonyl (C=O) groups is 2. The summed E-state index contributed by atoms with van der Waals surface area (Å²) in [6.07, 6.45) is 5.82. The van der Waals surface area contributed by atoms with E-state index < -0.39 is 11.9 Å². The van der Waals surface area contributed by atoms with Crippen molar-refractivity contribution in [1.29, 1.82) is 0 Å². The highest BCUT2D eigenvalue weighted by Crippen LogP contribution is 2.40. The lowest BCUT2D eigenvalue weighted by molar-refractivity contribution is -0.134. The van der Waals surface area contributed by atoms with Crippen LogP contribution in [0, 0.1) is 13.8 Å². The number of para-hydroxylation sites is 1. The van der Waals surface area contributed by atoms with Gasteiger partial charge in [-0.1, -0.05) is 18.2 Å². The summed E-state index contributed by atoms with van der Waals surface area (Å²) in [5.41, 5.74) is 7.13. The predicted octanol–water partition coefficient (Wildman–Crippen LogP) is 3.51. The van der Waals surface area contributed by atoms with Crippen molar-refractivity contribution in [2.45, 2.75) is 51.6 Å². The number of nitrogens with zero attached hydrogens (tertiary/aromatic N) is 1. The molecule has 3 N–H and O–H groups in total. The Morgan fingerprint density at radius 3 is 2.08 bits per heavy atom. The zero-order valence-electron chi connectivity index (χ0n) is 20.8. The number of aryl methyl sites for hydroxylation is 2. The number of nitrogens with one attached hydrogen (secondary N) is 1. The van der Waals surface area contributed by atoms with Crippen LogP contribution >= 0.6 is 0 Å². The first-order valence-electron chi connectivity index (χ1n) is 12.4. The standard InChI is InChI=1S/C24H30N2O2.C4H4O4/c1-16-12-18-14-21(15-19(18)13-17(16)2)25-20-6-8-26(9-7-20)22-4-3-5-23-24(22)28-11-10-27-23;5-3(6)1-2-4(7)8/h3-5,12-13,20-21,25H,6-11,14-15H2,1-2H3;1-2H,(H,5,6)(H,7,8). The molecule has 36 heavy (non-hydrogen) atoms. The molecule has 0 unspecified atom stereocenters. The van der Waals surface area contributed by atoms with Gasteiger partial charge in [-0.3, -0.25) is 0 Å². The van der Waals surface area contributed by atoms with Crippen LogP contribution in [0.25, 0.3) is 0 Å². The average Bonchev–Trinajstić information content (AvgIpc) is 3.24. The number of carboxylic acid groups (broad SMARTS) is 2. The number of hydrogen-bond acceptors (Lipinski definition) is 6. The molecule has 8 heteroatoms. The van der Waals surface area contributed by atoms with Crippen molar-refractivity contribution in [3.05, 3.63) is 64.7 Å². The summed E-state index contributed by atoms with van der Waals surface area (Å²) in [6, 6.07) is 12.2. The quantitative estimate of drug-likeness (QED) is 0.542. The minimum absolute atomic E-state index is 0.558. The monoisotopic (exact) mass is 494 g/mol. The molecule has 1 fully saturated rings. The van der Waals surface area contributed by atoms with Crippen molar-refractivity contribution in [3.63, 3.8) is 0 Å². The van der Waals surface area contributed by atoms with E-state index in [0.717, 1.165) is 24.6 Å². The third-order valence-corrected chi connectivity index (χ3v) is 6.97. The predicted molar refractivity (Wildman–Crippen MR) is 137 cm³/mol. The molecule has 8 nitrogen and oxygen atoms in total. The van der Waals surface area contributed by atoms with Crippen LogP contribution in [0.2, 0.25) is 0 Å². The maximum absolute atomic E-state index is 9.55. The first-order valence-corrected chi connectivity index (χ1v) is 12.4. The molecule has 2 aromatic rings. The Kier molecular flexibility index (Phi) is 8.15. The highest BCUT2D eigenvalue weighted by molar-refractivity contribution is 5.89. The molecular weight excluding hydrogens is 460 g/mol. The molecule has 0 aromatic heterocycles. The van der Waals surface area contributed by atoms with Gasteiger partial charge in [0.25, 0.3) is 0 Å². The normalized spacial score (nSPS) is 17.4. The van der Waals surface area contributed by atoms with E-state index in [1.165, 1.54) is 42.5 Å². The largest absolute Gasteiger partial charge is 0.486 e. The fourth-order valence-electron chi connectivity index (χ4n) is 5.11. The molecule has 1 saturated heterocycles. The van der Waals surface area contributed by atoms with Gasteiger partial charge in [-0.25, -0.2) is 9.59 Å². The Morgan fingerprint density at radius 1 is 0.917 bits per heavy atom. The zero-order valence-corrected chi connectivity index (χ0v) is 20.8. The molecule has 0 spiro atoms. The van der Waals surface area contributed by atoms with Gasteiger partial charge in [0, 0.05) is 37.3 Å². The first kappa shape index (κ1) is 25.6. The van der Waals surface area contributed by atoms with Crippen LogP contribution in [-0.2, 0) is 22.4 Å². The second-order valence-corrected chi connectivity index (χ2v) is 9.55. The summed E-state index contributed by atoms with van der Waals surface area (Å²) in [5, 5.41) is 19.6. The van der Waals surface area contributed by atoms with Crippen LogP contribution in [0.5, 0.6) is 11.5 Å². The number of fused-ring (bicyclic) bond motifs is 2. The number of ether oxygens (including phenoxy) is 2. The number of hydrogen-bond donors (Lipinski definition) is 3. The molecule has 0 atom stereocenters. The molecule has 2 aromatic carbocycles. The van der Waals surface area contributed by atoms with E-state index in [0.29, 0.717) is 37.4 Å². The van der Waals surface area contributed by atoms with Crippen LogP contribution in [0.4, 0.5) is 5.69 Å². The number of anilines is 1. The van der Waals surface area contributed by atoms with Gasteiger partial charge in [-0.15, -0.1) is 0 Å². The van der Waals surface area contributed by atoms with Gasteiger partial charge in [0.05, 0.1) is 5.69 Å². The van der Waals surface area contributed by atoms with E-state index in [-0.39, 0.29) is 0 Å². The number of piperidine rings is 1. The summed E-state index contributed by atoms with van der Waals surface area (Å²) in [4.78, 5) is 21.6. The molecule has 2 heterocycles. The van der Waals surface area contributed by atoms with Crippen molar-refractivity contribution in [1.82, 2.24) is 5.32 Å². The van der Waals surface area contributed by atoms with E-state index in [9.17, 15) is 9.59 Å². The van der Waals surface area contributed by atoms with Crippen LogP contribution < -0.4 is 19.7 Å². The molecule has 0 amide bonds. The fourth-order valence-corrected chi connectivity index (χ4v) is 5.11. The van der Waals surface area contributed by atoms with Gasteiger partial charge in [0.2, 0.25) is 0 Å². The maximum Gasteiger partial charge on any atom is 0.328 e. The number of benzene rings is 2. The minimum atomic E-state index is -1.26. The van der Waals surface area contributed by atoms with Crippen molar-refractivity contribution < 1.29 is 29.3 Å². The van der Waals surface area contributed by atoms with Crippen molar-refractivity contribution in [2.24, 2.45) is 0 Å². The molecule has 3 aliphatic rings. The number of aliphatic carboxylic acids is 2. The Labute approximate surface area is 211 Å². The SMILES string of the molecule is Cc1cc2c(cc1C)CC(NC1CCN(c3cccc4c3OCCO4)CC1)C2.O=C(O)C=CC(=O)O. The smallest absolute Gasteiger partial charge is 0.328 e. The third-order valence-electron chi connectivity index (χ3n) is 6.97. The lowest BCUT2D eigenvalue weighted by Crippen LogP contribution is -2.46.